The average Bonchev–Trinajstić information content (AvgIpc) is 3.03. The number of aliphatic hydroxyl groups excluding tert-OH is 2. The Kier molecular flexibility index (Phi) is 24.2. The summed E-state index contributed by atoms with van der Waals surface area (Å²) in [5, 5.41) is 31.0. The zero-order chi connectivity index (χ0) is 34.0. The average molecular weight is 652 g/mol. The summed E-state index contributed by atoms with van der Waals surface area (Å²) in [6.07, 6.45) is 20.5. The van der Waals surface area contributed by atoms with Gasteiger partial charge in [0, 0.05) is 19.5 Å². The highest BCUT2D eigenvalue weighted by Gasteiger charge is 2.21. The Balaban J connectivity index is 2.64. The topological polar surface area (TPSA) is 126 Å². The fourth-order valence-electron chi connectivity index (χ4n) is 5.78. The van der Waals surface area contributed by atoms with E-state index in [1.165, 1.54) is 103 Å². The first-order valence-corrected chi connectivity index (χ1v) is 18.0. The number of carboxylic acid groups (broad SMARTS) is 1. The van der Waals surface area contributed by atoms with Gasteiger partial charge in [0.05, 0.1) is 32.0 Å². The number of aliphatic hydroxyl groups is 2. The molecular weight excluding hydrogens is 586 g/mol. The van der Waals surface area contributed by atoms with Crippen LogP contribution < -0.4 is 14.2 Å². The van der Waals surface area contributed by atoms with Crippen molar-refractivity contribution in [2.24, 2.45) is 0 Å². The second-order valence-corrected chi connectivity index (χ2v) is 12.7. The molecule has 0 heterocycles. The first-order chi connectivity index (χ1) is 22.2. The van der Waals surface area contributed by atoms with Gasteiger partial charge in [-0.3, -0.25) is 9.69 Å². The number of methoxy groups -OCH3 is 2. The number of esters is 1. The molecule has 1 aromatic rings. The predicted molar refractivity (Wildman–Crippen MR) is 184 cm³/mol. The summed E-state index contributed by atoms with van der Waals surface area (Å²) in [5.74, 6) is -1.42. The van der Waals surface area contributed by atoms with Gasteiger partial charge < -0.3 is 29.5 Å². The summed E-state index contributed by atoms with van der Waals surface area (Å²) in [7, 11) is 2.74. The molecule has 2 atom stereocenters. The molecular formula is C37H65NO8. The molecule has 0 spiro atoms. The Labute approximate surface area is 279 Å². The van der Waals surface area contributed by atoms with E-state index in [-0.39, 0.29) is 29.2 Å². The van der Waals surface area contributed by atoms with Crippen molar-refractivity contribution in [1.29, 1.82) is 0 Å². The van der Waals surface area contributed by atoms with Gasteiger partial charge in [-0.1, -0.05) is 117 Å². The highest BCUT2D eigenvalue weighted by Crippen LogP contribution is 2.39. The third kappa shape index (κ3) is 19.3. The highest BCUT2D eigenvalue weighted by molar-refractivity contribution is 5.90. The summed E-state index contributed by atoms with van der Waals surface area (Å²) in [5.41, 5.74) is -0.0415. The molecule has 0 aliphatic carbocycles. The van der Waals surface area contributed by atoms with Crippen molar-refractivity contribution < 1.29 is 39.1 Å². The van der Waals surface area contributed by atoms with Gasteiger partial charge in [-0.2, -0.15) is 0 Å². The number of carbonyl (C=O) groups excluding carboxylic acids is 1. The van der Waals surface area contributed by atoms with Crippen LogP contribution in [0.25, 0.3) is 0 Å². The van der Waals surface area contributed by atoms with Crippen molar-refractivity contribution in [3.8, 4) is 17.2 Å². The number of carbonyl (C=O) groups is 2. The molecule has 0 saturated heterocycles. The summed E-state index contributed by atoms with van der Waals surface area (Å²) >= 11 is 0. The Morgan fingerprint density at radius 2 is 1.09 bits per heavy atom. The van der Waals surface area contributed by atoms with E-state index in [4.69, 9.17) is 14.2 Å². The van der Waals surface area contributed by atoms with Crippen molar-refractivity contribution in [1.82, 2.24) is 4.90 Å². The van der Waals surface area contributed by atoms with Crippen molar-refractivity contribution in [2.45, 2.75) is 154 Å². The number of aromatic carboxylic acids is 1. The van der Waals surface area contributed by atoms with E-state index in [1.807, 2.05) is 0 Å². The zero-order valence-corrected chi connectivity index (χ0v) is 29.4. The van der Waals surface area contributed by atoms with E-state index >= 15 is 0 Å². The number of carboxylic acids is 1. The first kappa shape index (κ1) is 41.7. The normalized spacial score (nSPS) is 12.7. The van der Waals surface area contributed by atoms with Crippen LogP contribution in [-0.4, -0.2) is 78.2 Å². The van der Waals surface area contributed by atoms with Gasteiger partial charge in [0.15, 0.2) is 11.5 Å². The van der Waals surface area contributed by atoms with Crippen molar-refractivity contribution in [2.75, 3.05) is 33.9 Å². The van der Waals surface area contributed by atoms with E-state index in [1.54, 1.807) is 0 Å². The number of hydrogen-bond donors (Lipinski definition) is 3. The summed E-state index contributed by atoms with van der Waals surface area (Å²) < 4.78 is 16.1. The molecule has 0 aromatic heterocycles. The van der Waals surface area contributed by atoms with Gasteiger partial charge in [0.1, 0.15) is 0 Å². The number of rotatable bonds is 30. The SMILES string of the molecule is CCCCCCCCCCC(O)CN(CCCC(=O)Oc1c(OC)cc(C(=O)O)cc1OC)CC(O)CCCCCCCCCC. The molecule has 46 heavy (non-hydrogen) atoms. The van der Waals surface area contributed by atoms with Crippen molar-refractivity contribution >= 4 is 11.9 Å². The standard InChI is InChI=1S/C37H65NO8/c1-5-7-9-11-13-15-17-19-22-31(39)28-38(29-32(40)23-20-18-16-14-12-10-8-6-2)25-21-24-35(41)46-36-33(44-3)26-30(37(42)43)27-34(36)45-4/h26-27,31-32,39-40H,5-25,28-29H2,1-4H3,(H,42,43). The van der Waals surface area contributed by atoms with Crippen LogP contribution in [0, 0.1) is 0 Å². The van der Waals surface area contributed by atoms with E-state index in [9.17, 15) is 24.9 Å². The fourth-order valence-corrected chi connectivity index (χ4v) is 5.78. The minimum atomic E-state index is -1.15. The van der Waals surface area contributed by atoms with Gasteiger partial charge in [-0.25, -0.2) is 4.79 Å². The number of hydrogen-bond acceptors (Lipinski definition) is 8. The van der Waals surface area contributed by atoms with Gasteiger partial charge in [0.25, 0.3) is 0 Å². The van der Waals surface area contributed by atoms with Crippen molar-refractivity contribution in [3.63, 3.8) is 0 Å². The number of ether oxygens (including phenoxy) is 3. The molecule has 0 amide bonds. The Morgan fingerprint density at radius 1 is 0.674 bits per heavy atom. The van der Waals surface area contributed by atoms with Crippen LogP contribution >= 0.6 is 0 Å². The Morgan fingerprint density at radius 3 is 1.48 bits per heavy atom. The summed E-state index contributed by atoms with van der Waals surface area (Å²) in [6, 6.07) is 2.58. The largest absolute Gasteiger partial charge is 0.493 e. The van der Waals surface area contributed by atoms with Crippen LogP contribution in [0.15, 0.2) is 12.1 Å². The second-order valence-electron chi connectivity index (χ2n) is 12.7. The lowest BCUT2D eigenvalue weighted by Gasteiger charge is -2.27. The minimum Gasteiger partial charge on any atom is -0.493 e. The molecule has 0 radical (unpaired) electrons. The number of nitrogens with zero attached hydrogens (tertiary/aromatic N) is 1. The summed E-state index contributed by atoms with van der Waals surface area (Å²) in [4.78, 5) is 26.3. The van der Waals surface area contributed by atoms with Gasteiger partial charge in [0.2, 0.25) is 5.75 Å². The highest BCUT2D eigenvalue weighted by atomic mass is 16.6. The molecule has 266 valence electrons. The maximum absolute atomic E-state index is 12.8. The van der Waals surface area contributed by atoms with E-state index in [2.05, 4.69) is 18.7 Å². The quantitative estimate of drug-likeness (QED) is 0.0429. The van der Waals surface area contributed by atoms with Crippen LogP contribution in [-0.2, 0) is 4.79 Å². The molecule has 1 aromatic carbocycles. The molecule has 0 aliphatic rings. The molecule has 1 rings (SSSR count). The number of unbranched alkanes of at least 4 members (excludes halogenated alkanes) is 14. The Hall–Kier alpha value is -2.36. The second kappa shape index (κ2) is 26.7. The van der Waals surface area contributed by atoms with Crippen LogP contribution in [0.1, 0.15) is 153 Å². The Bertz CT molecular complexity index is 887. The van der Waals surface area contributed by atoms with E-state index in [0.717, 1.165) is 38.5 Å². The minimum absolute atomic E-state index is 0.0402. The molecule has 9 nitrogen and oxygen atoms in total. The number of benzene rings is 1. The van der Waals surface area contributed by atoms with Gasteiger partial charge in [-0.15, -0.1) is 0 Å². The van der Waals surface area contributed by atoms with Crippen LogP contribution in [0.4, 0.5) is 0 Å². The first-order valence-electron chi connectivity index (χ1n) is 18.0. The molecule has 0 aliphatic heterocycles. The van der Waals surface area contributed by atoms with Gasteiger partial charge in [-0.05, 0) is 37.9 Å². The van der Waals surface area contributed by atoms with Gasteiger partial charge >= 0.3 is 11.9 Å². The molecule has 0 fully saturated rings. The van der Waals surface area contributed by atoms with Crippen LogP contribution in [0.2, 0.25) is 0 Å². The van der Waals surface area contributed by atoms with E-state index < -0.39 is 24.1 Å². The monoisotopic (exact) mass is 651 g/mol. The lowest BCUT2D eigenvalue weighted by Crippen LogP contribution is -2.39. The summed E-state index contributed by atoms with van der Waals surface area (Å²) in [6.45, 7) is 5.90. The molecule has 9 heteroatoms. The van der Waals surface area contributed by atoms with Crippen LogP contribution in [0.5, 0.6) is 17.2 Å². The van der Waals surface area contributed by atoms with Crippen LogP contribution in [0.3, 0.4) is 0 Å². The van der Waals surface area contributed by atoms with E-state index in [0.29, 0.717) is 26.1 Å². The fraction of sp³-hybridized carbons (Fsp3) is 0.784. The van der Waals surface area contributed by atoms with Crippen molar-refractivity contribution in [3.05, 3.63) is 17.7 Å². The molecule has 2 unspecified atom stereocenters. The predicted octanol–water partition coefficient (Wildman–Crippen LogP) is 8.17. The maximum atomic E-state index is 12.8. The lowest BCUT2D eigenvalue weighted by molar-refractivity contribution is -0.134. The zero-order valence-electron chi connectivity index (χ0n) is 29.4. The molecule has 0 saturated carbocycles. The third-order valence-electron chi connectivity index (χ3n) is 8.50. The smallest absolute Gasteiger partial charge is 0.335 e. The molecule has 0 bridgehead atoms. The molecule has 3 N–H and O–H groups in total. The lowest BCUT2D eigenvalue weighted by atomic mass is 10.0. The third-order valence-corrected chi connectivity index (χ3v) is 8.50. The maximum Gasteiger partial charge on any atom is 0.335 e.